The van der Waals surface area contributed by atoms with E-state index in [0.717, 1.165) is 32.1 Å². The molecule has 9 unspecified atom stereocenters. The number of esters is 1. The molecule has 0 bridgehead atoms. The highest BCUT2D eigenvalue weighted by Gasteiger charge is 2.62. The Hall–Kier alpha value is -0.610. The number of hydrogen-bond donors (Lipinski definition) is 2. The summed E-state index contributed by atoms with van der Waals surface area (Å²) < 4.78 is 5.53. The minimum absolute atomic E-state index is 0.0985. The minimum atomic E-state index is -0.552. The average molecular weight is 350 g/mol. The van der Waals surface area contributed by atoms with E-state index in [0.29, 0.717) is 29.1 Å². The first kappa shape index (κ1) is 17.8. The van der Waals surface area contributed by atoms with Crippen LogP contribution in [0.25, 0.3) is 0 Å². The van der Waals surface area contributed by atoms with E-state index in [-0.39, 0.29) is 17.5 Å². The van der Waals surface area contributed by atoms with Crippen LogP contribution in [0.5, 0.6) is 0 Å². The van der Waals surface area contributed by atoms with Crippen LogP contribution in [0.3, 0.4) is 0 Å². The van der Waals surface area contributed by atoms with Crippen LogP contribution < -0.4 is 0 Å². The molecule has 4 aliphatic carbocycles. The van der Waals surface area contributed by atoms with E-state index >= 15 is 0 Å². The molecule has 0 spiro atoms. The van der Waals surface area contributed by atoms with Crippen LogP contribution in [-0.2, 0) is 9.53 Å². The van der Waals surface area contributed by atoms with Gasteiger partial charge in [-0.1, -0.05) is 13.8 Å². The fourth-order valence-corrected chi connectivity index (χ4v) is 7.55. The summed E-state index contributed by atoms with van der Waals surface area (Å²) in [6.45, 7) is 6.20. The fraction of sp³-hybridized carbons (Fsp3) is 0.952. The van der Waals surface area contributed by atoms with Crippen LogP contribution in [-0.4, -0.2) is 34.5 Å². The van der Waals surface area contributed by atoms with Crippen molar-refractivity contribution in [1.82, 2.24) is 0 Å². The second kappa shape index (κ2) is 5.95. The van der Waals surface area contributed by atoms with Crippen LogP contribution in [0.15, 0.2) is 0 Å². The van der Waals surface area contributed by atoms with Crippen molar-refractivity contribution in [3.05, 3.63) is 0 Å². The highest BCUT2D eigenvalue weighted by molar-refractivity contribution is 5.66. The third-order valence-electron chi connectivity index (χ3n) is 8.92. The lowest BCUT2D eigenvalue weighted by molar-refractivity contribution is -0.161. The van der Waals surface area contributed by atoms with Gasteiger partial charge in [0.25, 0.3) is 0 Å². The Morgan fingerprint density at radius 3 is 2.40 bits per heavy atom. The van der Waals surface area contributed by atoms with E-state index in [1.165, 1.54) is 26.2 Å². The molecule has 9 atom stereocenters. The molecule has 4 aliphatic rings. The molecule has 0 aromatic rings. The van der Waals surface area contributed by atoms with Crippen molar-refractivity contribution in [2.24, 2.45) is 34.5 Å². The molecule has 0 heterocycles. The van der Waals surface area contributed by atoms with Gasteiger partial charge in [0.1, 0.15) is 6.10 Å². The molecule has 0 aliphatic heterocycles. The SMILES string of the molecule is CC(=O)OC1CCC2(C)C(CCC3C2CCC2(C)C(O)C(O)CC32)C1. The van der Waals surface area contributed by atoms with Crippen molar-refractivity contribution in [3.8, 4) is 0 Å². The number of aliphatic hydroxyl groups excluding tert-OH is 2. The van der Waals surface area contributed by atoms with Crippen molar-refractivity contribution in [3.63, 3.8) is 0 Å². The number of carbonyl (C=O) groups is 1. The molecule has 2 N–H and O–H groups in total. The third-order valence-corrected chi connectivity index (χ3v) is 8.92. The highest BCUT2D eigenvalue weighted by Crippen LogP contribution is 2.66. The van der Waals surface area contributed by atoms with E-state index in [9.17, 15) is 15.0 Å². The lowest BCUT2D eigenvalue weighted by atomic mass is 9.45. The van der Waals surface area contributed by atoms with Crippen LogP contribution in [0.4, 0.5) is 0 Å². The highest BCUT2D eigenvalue weighted by atomic mass is 16.5. The largest absolute Gasteiger partial charge is 0.463 e. The smallest absolute Gasteiger partial charge is 0.302 e. The van der Waals surface area contributed by atoms with Gasteiger partial charge in [0, 0.05) is 6.92 Å². The van der Waals surface area contributed by atoms with Gasteiger partial charge in [0.2, 0.25) is 0 Å². The van der Waals surface area contributed by atoms with Gasteiger partial charge >= 0.3 is 5.97 Å². The van der Waals surface area contributed by atoms with E-state index in [1.54, 1.807) is 0 Å². The molecular formula is C21H34O4. The number of fused-ring (bicyclic) bond motifs is 5. The third kappa shape index (κ3) is 2.58. The maximum Gasteiger partial charge on any atom is 0.302 e. The van der Waals surface area contributed by atoms with Crippen molar-refractivity contribution in [1.29, 1.82) is 0 Å². The summed E-state index contributed by atoms with van der Waals surface area (Å²) in [5.41, 5.74) is 0.234. The molecule has 0 saturated heterocycles. The lowest BCUT2D eigenvalue weighted by Crippen LogP contribution is -2.54. The summed E-state index contributed by atoms with van der Waals surface area (Å²) in [6, 6.07) is 0. The molecule has 4 rings (SSSR count). The number of hydrogen-bond acceptors (Lipinski definition) is 4. The zero-order valence-electron chi connectivity index (χ0n) is 15.9. The molecule has 0 aromatic carbocycles. The van der Waals surface area contributed by atoms with Gasteiger partial charge in [-0.05, 0) is 85.9 Å². The summed E-state index contributed by atoms with van der Waals surface area (Å²) >= 11 is 0. The van der Waals surface area contributed by atoms with E-state index in [2.05, 4.69) is 13.8 Å². The maximum absolute atomic E-state index is 11.3. The predicted octanol–water partition coefficient (Wildman–Crippen LogP) is 3.29. The van der Waals surface area contributed by atoms with Gasteiger partial charge in [-0.3, -0.25) is 4.79 Å². The van der Waals surface area contributed by atoms with Gasteiger partial charge in [-0.2, -0.15) is 0 Å². The van der Waals surface area contributed by atoms with Gasteiger partial charge in [0.15, 0.2) is 0 Å². The standard InChI is InChI=1S/C21H34O4/c1-12(22)25-14-6-8-20(2)13(10-14)4-5-15-16(20)7-9-21(3)17(15)11-18(23)19(21)24/h13-19,23-24H,4-11H2,1-3H3. The zero-order valence-corrected chi connectivity index (χ0v) is 15.9. The summed E-state index contributed by atoms with van der Waals surface area (Å²) in [4.78, 5) is 11.3. The Kier molecular flexibility index (Phi) is 4.23. The molecule has 4 heteroatoms. The monoisotopic (exact) mass is 350 g/mol. The first-order chi connectivity index (χ1) is 11.8. The van der Waals surface area contributed by atoms with Crippen molar-refractivity contribution >= 4 is 5.97 Å². The Balaban J connectivity index is 1.54. The molecule has 4 saturated carbocycles. The van der Waals surface area contributed by atoms with Crippen molar-refractivity contribution in [2.75, 3.05) is 0 Å². The van der Waals surface area contributed by atoms with Crippen LogP contribution in [0.2, 0.25) is 0 Å². The Morgan fingerprint density at radius 2 is 1.68 bits per heavy atom. The molecule has 25 heavy (non-hydrogen) atoms. The Morgan fingerprint density at radius 1 is 0.960 bits per heavy atom. The van der Waals surface area contributed by atoms with Crippen LogP contribution in [0, 0.1) is 34.5 Å². The summed E-state index contributed by atoms with van der Waals surface area (Å²) in [5, 5.41) is 20.9. The van der Waals surface area contributed by atoms with E-state index in [4.69, 9.17) is 4.74 Å². The van der Waals surface area contributed by atoms with Crippen LogP contribution >= 0.6 is 0 Å². The number of carbonyl (C=O) groups excluding carboxylic acids is 1. The van der Waals surface area contributed by atoms with E-state index < -0.39 is 12.2 Å². The predicted molar refractivity (Wildman–Crippen MR) is 94.7 cm³/mol. The molecule has 0 aromatic heterocycles. The van der Waals surface area contributed by atoms with Gasteiger partial charge in [-0.15, -0.1) is 0 Å². The quantitative estimate of drug-likeness (QED) is 0.712. The first-order valence-electron chi connectivity index (χ1n) is 10.3. The Bertz CT molecular complexity index is 548. The zero-order chi connectivity index (χ0) is 18.0. The van der Waals surface area contributed by atoms with Gasteiger partial charge in [0.05, 0.1) is 12.2 Å². The molecule has 4 fully saturated rings. The average Bonchev–Trinajstić information content (AvgIpc) is 2.78. The second-order valence-electron chi connectivity index (χ2n) is 9.96. The van der Waals surface area contributed by atoms with Crippen molar-refractivity contribution in [2.45, 2.75) is 90.4 Å². The minimum Gasteiger partial charge on any atom is -0.463 e. The topological polar surface area (TPSA) is 66.8 Å². The second-order valence-corrected chi connectivity index (χ2v) is 9.96. The fourth-order valence-electron chi connectivity index (χ4n) is 7.55. The lowest BCUT2D eigenvalue weighted by Gasteiger charge is -2.60. The molecule has 142 valence electrons. The Labute approximate surface area is 151 Å². The van der Waals surface area contributed by atoms with Gasteiger partial charge in [-0.25, -0.2) is 0 Å². The van der Waals surface area contributed by atoms with Gasteiger partial charge < -0.3 is 14.9 Å². The molecular weight excluding hydrogens is 316 g/mol. The summed E-state index contributed by atoms with van der Waals surface area (Å²) in [7, 11) is 0. The normalized spacial score (nSPS) is 55.0. The maximum atomic E-state index is 11.3. The molecule has 4 nitrogen and oxygen atoms in total. The number of aliphatic hydroxyl groups is 2. The number of rotatable bonds is 1. The first-order valence-corrected chi connectivity index (χ1v) is 10.3. The van der Waals surface area contributed by atoms with Crippen LogP contribution in [0.1, 0.15) is 72.1 Å². The molecule has 0 radical (unpaired) electrons. The molecule has 0 amide bonds. The van der Waals surface area contributed by atoms with Crippen molar-refractivity contribution < 1.29 is 19.7 Å². The van der Waals surface area contributed by atoms with E-state index in [1.807, 2.05) is 0 Å². The summed E-state index contributed by atoms with van der Waals surface area (Å²) in [5.74, 6) is 2.29. The summed E-state index contributed by atoms with van der Waals surface area (Å²) in [6.07, 6.45) is 7.56. The number of ether oxygens (including phenoxy) is 1.